The van der Waals surface area contributed by atoms with E-state index in [-0.39, 0.29) is 28.1 Å². The second kappa shape index (κ2) is 3.73. The Labute approximate surface area is 105 Å². The molecule has 1 aromatic heterocycles. The van der Waals surface area contributed by atoms with Crippen molar-refractivity contribution in [3.63, 3.8) is 0 Å². The van der Waals surface area contributed by atoms with Gasteiger partial charge in [-0.15, -0.1) is 0 Å². The summed E-state index contributed by atoms with van der Waals surface area (Å²) in [5.74, 6) is -0.0000350. The first-order valence-electron chi connectivity index (χ1n) is 5.80. The van der Waals surface area contributed by atoms with Crippen molar-refractivity contribution in [3.8, 4) is 0 Å². The summed E-state index contributed by atoms with van der Waals surface area (Å²) in [5.41, 5.74) is -0.128. The minimum absolute atomic E-state index is 0.0000350. The highest BCUT2D eigenvalue weighted by Crippen LogP contribution is 2.54. The minimum Gasteiger partial charge on any atom is -0.297 e. The monoisotopic (exact) mass is 256 g/mol. The van der Waals surface area contributed by atoms with Crippen LogP contribution in [-0.4, -0.2) is 9.55 Å². The van der Waals surface area contributed by atoms with Crippen LogP contribution in [0.4, 0.5) is 0 Å². The Hall–Kier alpha value is -1.03. The van der Waals surface area contributed by atoms with E-state index in [0.717, 1.165) is 6.42 Å². The molecule has 0 saturated heterocycles. The molecule has 4 nitrogen and oxygen atoms in total. The van der Waals surface area contributed by atoms with Crippen molar-refractivity contribution in [3.05, 3.63) is 31.6 Å². The topological polar surface area (TPSA) is 54.9 Å². The second-order valence-electron chi connectivity index (χ2n) is 5.70. The predicted molar refractivity (Wildman–Crippen MR) is 67.9 cm³/mol. The van der Waals surface area contributed by atoms with E-state index in [1.54, 1.807) is 0 Å². The summed E-state index contributed by atoms with van der Waals surface area (Å²) in [5, 5.41) is 0.171. The number of halogens is 1. The Morgan fingerprint density at radius 3 is 2.35 bits per heavy atom. The lowest BCUT2D eigenvalue weighted by Gasteiger charge is -2.12. The number of hydrogen-bond acceptors (Lipinski definition) is 2. The molecule has 1 N–H and O–H groups in total. The Kier molecular flexibility index (Phi) is 2.73. The molecule has 0 aliphatic heterocycles. The van der Waals surface area contributed by atoms with E-state index in [1.165, 1.54) is 4.57 Å². The molecule has 1 aromatic rings. The fourth-order valence-electron chi connectivity index (χ4n) is 2.20. The molecule has 94 valence electrons. The van der Waals surface area contributed by atoms with Crippen molar-refractivity contribution in [2.45, 2.75) is 46.1 Å². The standard InChI is InChI=1S/C12H17ClN2O2/c1-6(2)8-9(13)14-11(17)15(10(8)16)7-5-12(7,3)4/h6-7H,5H2,1-4H3,(H,14,17). The zero-order valence-corrected chi connectivity index (χ0v) is 11.3. The molecule has 1 saturated carbocycles. The molecule has 0 aromatic carbocycles. The Bertz CT molecular complexity index is 569. The van der Waals surface area contributed by atoms with E-state index in [4.69, 9.17) is 11.6 Å². The van der Waals surface area contributed by atoms with Gasteiger partial charge in [-0.05, 0) is 17.8 Å². The highest BCUT2D eigenvalue weighted by Gasteiger charge is 2.48. The number of aromatic amines is 1. The van der Waals surface area contributed by atoms with Crippen molar-refractivity contribution in [2.24, 2.45) is 5.41 Å². The van der Waals surface area contributed by atoms with E-state index >= 15 is 0 Å². The van der Waals surface area contributed by atoms with Crippen LogP contribution in [0.5, 0.6) is 0 Å². The van der Waals surface area contributed by atoms with E-state index in [9.17, 15) is 9.59 Å². The molecule has 5 heteroatoms. The van der Waals surface area contributed by atoms with Crippen LogP contribution in [0.25, 0.3) is 0 Å². The van der Waals surface area contributed by atoms with Gasteiger partial charge in [-0.25, -0.2) is 4.79 Å². The molecular weight excluding hydrogens is 240 g/mol. The Morgan fingerprint density at radius 1 is 1.41 bits per heavy atom. The number of hydrogen-bond donors (Lipinski definition) is 1. The third kappa shape index (κ3) is 1.95. The zero-order chi connectivity index (χ0) is 13.0. The first-order chi connectivity index (χ1) is 7.75. The molecule has 17 heavy (non-hydrogen) atoms. The van der Waals surface area contributed by atoms with Crippen LogP contribution >= 0.6 is 11.6 Å². The minimum atomic E-state index is -0.403. The van der Waals surface area contributed by atoms with Gasteiger partial charge < -0.3 is 0 Å². The summed E-state index contributed by atoms with van der Waals surface area (Å²) < 4.78 is 1.32. The van der Waals surface area contributed by atoms with Gasteiger partial charge in [-0.1, -0.05) is 39.3 Å². The van der Waals surface area contributed by atoms with Gasteiger partial charge in [0.15, 0.2) is 0 Å². The Balaban J connectivity index is 2.66. The van der Waals surface area contributed by atoms with Crippen molar-refractivity contribution in [2.75, 3.05) is 0 Å². The van der Waals surface area contributed by atoms with E-state index < -0.39 is 5.69 Å². The molecule has 0 spiro atoms. The fraction of sp³-hybridized carbons (Fsp3) is 0.667. The maximum atomic E-state index is 12.3. The number of H-pyrrole nitrogens is 1. The Morgan fingerprint density at radius 2 is 1.94 bits per heavy atom. The molecule has 0 amide bonds. The lowest BCUT2D eigenvalue weighted by atomic mass is 10.1. The highest BCUT2D eigenvalue weighted by atomic mass is 35.5. The third-order valence-electron chi connectivity index (χ3n) is 3.47. The van der Waals surface area contributed by atoms with Gasteiger partial charge in [-0.2, -0.15) is 0 Å². The number of aromatic nitrogens is 2. The summed E-state index contributed by atoms with van der Waals surface area (Å²) in [6, 6.07) is -0.00600. The van der Waals surface area contributed by atoms with Gasteiger partial charge in [0.1, 0.15) is 5.15 Å². The van der Waals surface area contributed by atoms with Crippen LogP contribution in [0.2, 0.25) is 5.15 Å². The highest BCUT2D eigenvalue weighted by molar-refractivity contribution is 6.30. The predicted octanol–water partition coefficient (Wildman–Crippen LogP) is 2.28. The maximum Gasteiger partial charge on any atom is 0.329 e. The molecule has 1 atom stereocenters. The van der Waals surface area contributed by atoms with Crippen LogP contribution in [-0.2, 0) is 0 Å². The van der Waals surface area contributed by atoms with Crippen molar-refractivity contribution in [1.29, 1.82) is 0 Å². The van der Waals surface area contributed by atoms with Gasteiger partial charge in [0.2, 0.25) is 0 Å². The van der Waals surface area contributed by atoms with Crippen LogP contribution in [0.1, 0.15) is 51.6 Å². The first kappa shape index (κ1) is 12.4. The van der Waals surface area contributed by atoms with E-state index in [1.807, 2.05) is 27.7 Å². The van der Waals surface area contributed by atoms with Gasteiger partial charge in [0.05, 0.1) is 5.56 Å². The first-order valence-corrected chi connectivity index (χ1v) is 6.17. The van der Waals surface area contributed by atoms with Crippen LogP contribution in [0.15, 0.2) is 9.59 Å². The van der Waals surface area contributed by atoms with Crippen LogP contribution in [0.3, 0.4) is 0 Å². The quantitative estimate of drug-likeness (QED) is 0.826. The van der Waals surface area contributed by atoms with Gasteiger partial charge in [0, 0.05) is 6.04 Å². The summed E-state index contributed by atoms with van der Waals surface area (Å²) >= 11 is 5.93. The molecular formula is C12H17ClN2O2. The number of nitrogens with zero attached hydrogens (tertiary/aromatic N) is 1. The third-order valence-corrected chi connectivity index (χ3v) is 3.77. The molecule has 1 aliphatic rings. The molecule has 2 rings (SSSR count). The summed E-state index contributed by atoms with van der Waals surface area (Å²) in [6.07, 6.45) is 0.856. The molecule has 0 bridgehead atoms. The fourth-order valence-corrected chi connectivity index (χ4v) is 2.58. The average molecular weight is 257 g/mol. The maximum absolute atomic E-state index is 12.3. The van der Waals surface area contributed by atoms with Gasteiger partial charge in [-0.3, -0.25) is 14.3 Å². The normalized spacial score (nSPS) is 21.9. The smallest absolute Gasteiger partial charge is 0.297 e. The molecule has 1 heterocycles. The lowest BCUT2D eigenvalue weighted by molar-refractivity contribution is 0.508. The van der Waals surface area contributed by atoms with E-state index in [0.29, 0.717) is 5.56 Å². The average Bonchev–Trinajstić information content (AvgIpc) is 2.72. The zero-order valence-electron chi connectivity index (χ0n) is 10.5. The number of nitrogens with one attached hydrogen (secondary N) is 1. The van der Waals surface area contributed by atoms with Gasteiger partial charge in [0.25, 0.3) is 5.56 Å². The van der Waals surface area contributed by atoms with Gasteiger partial charge >= 0.3 is 5.69 Å². The second-order valence-corrected chi connectivity index (χ2v) is 6.07. The van der Waals surface area contributed by atoms with Crippen LogP contribution in [0, 0.1) is 5.41 Å². The summed E-state index contributed by atoms with van der Waals surface area (Å²) in [7, 11) is 0. The van der Waals surface area contributed by atoms with E-state index in [2.05, 4.69) is 4.98 Å². The van der Waals surface area contributed by atoms with Crippen molar-refractivity contribution >= 4 is 11.6 Å². The summed E-state index contributed by atoms with van der Waals surface area (Å²) in [4.78, 5) is 26.7. The molecule has 1 aliphatic carbocycles. The largest absolute Gasteiger partial charge is 0.329 e. The SMILES string of the molecule is CC(C)c1c(Cl)[nH]c(=O)n(C2CC2(C)C)c1=O. The molecule has 0 radical (unpaired) electrons. The van der Waals surface area contributed by atoms with Crippen molar-refractivity contribution in [1.82, 2.24) is 9.55 Å². The number of rotatable bonds is 2. The van der Waals surface area contributed by atoms with Crippen molar-refractivity contribution < 1.29 is 0 Å². The molecule has 1 unspecified atom stereocenters. The lowest BCUT2D eigenvalue weighted by Crippen LogP contribution is -2.38. The van der Waals surface area contributed by atoms with Crippen LogP contribution < -0.4 is 11.2 Å². The summed E-state index contributed by atoms with van der Waals surface area (Å²) in [6.45, 7) is 7.88. The molecule has 1 fully saturated rings.